The second-order valence-electron chi connectivity index (χ2n) is 25.5. The molecule has 0 atom stereocenters. The summed E-state index contributed by atoms with van der Waals surface area (Å²) in [5, 5.41) is 3.37. The Morgan fingerprint density at radius 2 is 0.548 bits per heavy atom. The van der Waals surface area contributed by atoms with Gasteiger partial charge in [-0.1, -0.05) is 123 Å². The van der Waals surface area contributed by atoms with Crippen molar-refractivity contribution in [1.29, 1.82) is 0 Å². The van der Waals surface area contributed by atoms with Gasteiger partial charge in [0.2, 0.25) is 35.3 Å². The number of hydrogen-bond acceptors (Lipinski definition) is 21. The predicted molar refractivity (Wildman–Crippen MR) is 402 cm³/mol. The van der Waals surface area contributed by atoms with Crippen molar-refractivity contribution in [3.05, 3.63) is 255 Å². The van der Waals surface area contributed by atoms with Crippen LogP contribution in [0.1, 0.15) is 52.7 Å². The molecule has 9 aromatic carbocycles. The summed E-state index contributed by atoms with van der Waals surface area (Å²) in [6.07, 6.45) is 0. The quantitative estimate of drug-likeness (QED) is 0.130. The number of rotatable bonds is 9. The fourth-order valence-electron chi connectivity index (χ4n) is 11.0. The first-order valence-corrected chi connectivity index (χ1v) is 33.6. The number of fused-ring (bicyclic) bond motifs is 6. The first-order chi connectivity index (χ1) is 49.5. The van der Waals surface area contributed by atoms with E-state index in [1.54, 1.807) is 91.0 Å². The first-order valence-electron chi connectivity index (χ1n) is 31.3. The lowest BCUT2D eigenvalue weighted by Crippen LogP contribution is -2.12. The molecule has 0 N–H and O–H groups in total. The van der Waals surface area contributed by atoms with Crippen LogP contribution in [0.3, 0.4) is 0 Å². The predicted octanol–water partition coefficient (Wildman–Crippen LogP) is 18.6. The molecule has 27 heteroatoms. The lowest BCUT2D eigenvalue weighted by Gasteiger charge is -2.19. The SMILES string of the molecule is COc1cc(-c2nc3c(Cl)cc(Cl)cc3c(=O)o2)cc(-c2nc3c(Cl)cc(Cl)cc3c(=O)o2)c1.COc1cc(-c2nc3cc(C(C)(C)C)ccc3c(=O)o2)cc(-c2nc3cc(C(C)(C)C)ccc3c(=O)o2)c1.COc1cc(-c2nc3ccc(Cl)cc3c(=O)o2)cc(-c2nc3ccc(Cl)cc3c(=O)o2)c1. The summed E-state index contributed by atoms with van der Waals surface area (Å²) >= 11 is 36.4. The van der Waals surface area contributed by atoms with Gasteiger partial charge in [-0.15, -0.1) is 0 Å². The van der Waals surface area contributed by atoms with Crippen LogP contribution in [0.15, 0.2) is 207 Å². The Balaban J connectivity index is 0.000000139. The van der Waals surface area contributed by atoms with Crippen molar-refractivity contribution in [2.45, 2.75) is 52.4 Å². The minimum atomic E-state index is -0.673. The topological polar surface area (TPSA) is 286 Å². The standard InChI is InChI=1S/C31H30N2O5.C23H10Cl4N2O5.C23H12Cl2N2O5/c1-30(2,3)19-8-10-22-24(15-19)32-26(37-28(22)34)17-12-18(14-21(13-17)36-7)27-33-25-16-20(31(4,5)6)9-11-23(25)29(35)38-27;1-32-13-3-9(20-28-18-14(22(30)33-20)5-11(24)7-16(18)26)2-10(4-13)21-29-19-15(23(31)34-21)6-12(25)8-17(19)27;1-30-15-7-11(20-26-18-4-2-13(24)9-16(18)22(28)31-20)6-12(8-15)21-27-19-5-3-14(25)10-17(19)23(29)32-21/h8-16H,1-7H3;2-8H,1H3;2-10H,1H3. The molecule has 0 radical (unpaired) electrons. The number of halogens is 6. The lowest BCUT2D eigenvalue weighted by atomic mass is 9.87. The Hall–Kier alpha value is -11.0. The maximum absolute atomic E-state index is 12.8. The molecular weight excluding hydrogens is 1460 g/mol. The van der Waals surface area contributed by atoms with E-state index in [9.17, 15) is 28.8 Å². The second kappa shape index (κ2) is 28.3. The van der Waals surface area contributed by atoms with E-state index >= 15 is 0 Å². The minimum Gasteiger partial charge on any atom is -0.497 e. The molecule has 15 aromatic rings. The number of benzene rings is 9. The molecule has 0 saturated heterocycles. The van der Waals surface area contributed by atoms with Crippen LogP contribution in [0.25, 0.3) is 134 Å². The monoisotopic (exact) mass is 1510 g/mol. The first kappa shape index (κ1) is 71.4. The maximum atomic E-state index is 12.8. The molecule has 0 fully saturated rings. The highest BCUT2D eigenvalue weighted by Gasteiger charge is 2.24. The molecule has 0 aliphatic heterocycles. The van der Waals surface area contributed by atoms with Crippen molar-refractivity contribution in [3.8, 4) is 86.0 Å². The van der Waals surface area contributed by atoms with E-state index in [4.69, 9.17) is 110 Å². The van der Waals surface area contributed by atoms with Crippen molar-refractivity contribution >= 4 is 135 Å². The molecule has 0 saturated carbocycles. The molecule has 0 spiro atoms. The Labute approximate surface area is 616 Å². The van der Waals surface area contributed by atoms with Gasteiger partial charge in [-0.2, -0.15) is 0 Å². The molecule has 522 valence electrons. The van der Waals surface area contributed by atoms with Gasteiger partial charge in [0, 0.05) is 53.5 Å². The molecule has 15 rings (SSSR count). The van der Waals surface area contributed by atoms with Gasteiger partial charge in [0.25, 0.3) is 0 Å². The number of nitrogens with zero attached hydrogens (tertiary/aromatic N) is 6. The highest BCUT2D eigenvalue weighted by molar-refractivity contribution is 6.39. The van der Waals surface area contributed by atoms with Crippen molar-refractivity contribution in [2.75, 3.05) is 21.3 Å². The van der Waals surface area contributed by atoms with Crippen LogP contribution in [0, 0.1) is 0 Å². The van der Waals surface area contributed by atoms with Gasteiger partial charge < -0.3 is 40.7 Å². The molecule has 0 aliphatic rings. The average Bonchev–Trinajstić information content (AvgIpc) is 0.787. The van der Waals surface area contributed by atoms with Crippen LogP contribution >= 0.6 is 69.6 Å². The molecule has 6 heterocycles. The van der Waals surface area contributed by atoms with Crippen molar-refractivity contribution in [1.82, 2.24) is 29.9 Å². The van der Waals surface area contributed by atoms with Crippen molar-refractivity contribution < 1.29 is 40.7 Å². The van der Waals surface area contributed by atoms with Crippen LogP contribution in [0.4, 0.5) is 0 Å². The second-order valence-corrected chi connectivity index (χ2v) is 28.1. The van der Waals surface area contributed by atoms with Gasteiger partial charge in [0.05, 0.1) is 85.8 Å². The minimum absolute atomic E-state index is 0.0326. The van der Waals surface area contributed by atoms with Gasteiger partial charge in [0.15, 0.2) is 0 Å². The van der Waals surface area contributed by atoms with Crippen molar-refractivity contribution in [2.24, 2.45) is 0 Å². The molecule has 0 aliphatic carbocycles. The van der Waals surface area contributed by atoms with Gasteiger partial charge in [0.1, 0.15) is 28.3 Å². The van der Waals surface area contributed by atoms with E-state index in [-0.39, 0.29) is 98.8 Å². The Kier molecular flexibility index (Phi) is 19.4. The molecule has 0 unspecified atom stereocenters. The molecule has 104 heavy (non-hydrogen) atoms. The van der Waals surface area contributed by atoms with Crippen LogP contribution in [0.2, 0.25) is 30.1 Å². The summed E-state index contributed by atoms with van der Waals surface area (Å²) in [5.74, 6) is 1.60. The fraction of sp³-hybridized carbons (Fsp3) is 0.143. The van der Waals surface area contributed by atoms with Crippen molar-refractivity contribution in [3.63, 3.8) is 0 Å². The zero-order valence-corrected chi connectivity index (χ0v) is 60.5. The zero-order chi connectivity index (χ0) is 74.0. The molecule has 0 amide bonds. The highest BCUT2D eigenvalue weighted by atomic mass is 35.5. The van der Waals surface area contributed by atoms with Gasteiger partial charge in [-0.05, 0) is 161 Å². The Morgan fingerprint density at radius 1 is 0.279 bits per heavy atom. The van der Waals surface area contributed by atoms with Crippen LogP contribution < -0.4 is 48.0 Å². The Bertz CT molecular complexity index is 6070. The molecule has 0 bridgehead atoms. The van der Waals surface area contributed by atoms with E-state index < -0.39 is 33.8 Å². The van der Waals surface area contributed by atoms with E-state index in [1.165, 1.54) is 57.7 Å². The third-order valence-corrected chi connectivity index (χ3v) is 17.9. The summed E-state index contributed by atoms with van der Waals surface area (Å²) in [7, 11) is 4.47. The van der Waals surface area contributed by atoms with E-state index in [1.807, 2.05) is 24.3 Å². The van der Waals surface area contributed by atoms with E-state index in [2.05, 4.69) is 71.4 Å². The molecule has 6 aromatic heterocycles. The van der Waals surface area contributed by atoms with Gasteiger partial charge in [-0.3, -0.25) is 0 Å². The van der Waals surface area contributed by atoms with Crippen LogP contribution in [-0.4, -0.2) is 51.2 Å². The summed E-state index contributed by atoms with van der Waals surface area (Å²) < 4.78 is 49.1. The van der Waals surface area contributed by atoms with E-state index in [0.717, 1.165) is 11.1 Å². The third-order valence-electron chi connectivity index (χ3n) is 16.4. The Morgan fingerprint density at radius 3 is 0.846 bits per heavy atom. The highest BCUT2D eigenvalue weighted by Crippen LogP contribution is 2.37. The lowest BCUT2D eigenvalue weighted by molar-refractivity contribution is 0.414. The van der Waals surface area contributed by atoms with Gasteiger partial charge >= 0.3 is 33.8 Å². The number of aromatic nitrogens is 6. The number of ether oxygens (including phenoxy) is 3. The summed E-state index contributed by atoms with van der Waals surface area (Å²) in [6, 6.07) is 41.3. The summed E-state index contributed by atoms with van der Waals surface area (Å²) in [4.78, 5) is 103. The normalized spacial score (nSPS) is 11.6. The van der Waals surface area contributed by atoms with Crippen LogP contribution in [0.5, 0.6) is 17.2 Å². The van der Waals surface area contributed by atoms with E-state index in [0.29, 0.717) is 93.5 Å². The van der Waals surface area contributed by atoms with Crippen LogP contribution in [-0.2, 0) is 10.8 Å². The molecular formula is C77H52Cl6N6O15. The van der Waals surface area contributed by atoms with Gasteiger partial charge in [-0.25, -0.2) is 58.7 Å². The fourth-order valence-corrected chi connectivity index (χ4v) is 12.4. The summed E-state index contributed by atoms with van der Waals surface area (Å²) in [6.45, 7) is 12.6. The molecule has 21 nitrogen and oxygen atoms in total. The smallest absolute Gasteiger partial charge is 0.347 e. The average molecular weight is 1510 g/mol. The zero-order valence-electron chi connectivity index (χ0n) is 56.0. The number of hydrogen-bond donors (Lipinski definition) is 0. The largest absolute Gasteiger partial charge is 0.497 e. The summed E-state index contributed by atoms with van der Waals surface area (Å²) in [5.41, 5.74) is 3.36. The third kappa shape index (κ3) is 14.8. The maximum Gasteiger partial charge on any atom is 0.347 e. The number of methoxy groups -OCH3 is 3.